The minimum Gasteiger partial charge on any atom is -0.508 e. The number of aromatic hydroxyl groups is 5. The minimum absolute atomic E-state index is 0.434. The molecule has 0 radical (unpaired) electrons. The van der Waals surface area contributed by atoms with Gasteiger partial charge in [0.2, 0.25) is 17.3 Å². The fraction of sp³-hybridized carbons (Fsp3) is 0.0667. The summed E-state index contributed by atoms with van der Waals surface area (Å²) < 4.78 is 4.89. The Kier molecular flexibility index (Phi) is 3.07. The summed E-state index contributed by atoms with van der Waals surface area (Å²) in [5.74, 6) is -10.3. The Labute approximate surface area is 133 Å². The summed E-state index contributed by atoms with van der Waals surface area (Å²) in [4.78, 5) is 24.7. The maximum absolute atomic E-state index is 12.4. The van der Waals surface area contributed by atoms with E-state index in [2.05, 4.69) is 0 Å². The number of hydrogen-bond acceptors (Lipinski definition) is 9. The first kappa shape index (κ1) is 15.4. The highest BCUT2D eigenvalue weighted by Gasteiger charge is 2.55. The number of fused-ring (bicyclic) bond motifs is 1. The standard InChI is InChI=1S/C15H10O9/c16-5-3-8(18)10-9(4-5)24-15(23,14(10)22)13(21)6-1-2-7(17)12(20)11(6)19/h1-4,16-20,23H. The number of carbonyl (C=O) groups is 2. The van der Waals surface area contributed by atoms with E-state index >= 15 is 0 Å². The lowest BCUT2D eigenvalue weighted by atomic mass is 9.96. The van der Waals surface area contributed by atoms with E-state index in [0.717, 1.165) is 24.3 Å². The number of aliphatic hydroxyl groups is 1. The molecular weight excluding hydrogens is 324 g/mol. The van der Waals surface area contributed by atoms with E-state index in [-0.39, 0.29) is 0 Å². The summed E-state index contributed by atoms with van der Waals surface area (Å²) in [6, 6.07) is 3.45. The molecule has 0 saturated carbocycles. The molecule has 2 aromatic carbocycles. The summed E-state index contributed by atoms with van der Waals surface area (Å²) in [6.45, 7) is 0. The molecule has 0 saturated heterocycles. The smallest absolute Gasteiger partial charge is 0.339 e. The van der Waals surface area contributed by atoms with Gasteiger partial charge in [0.1, 0.15) is 22.8 Å². The number of phenols is 5. The van der Waals surface area contributed by atoms with Crippen molar-refractivity contribution < 1.29 is 45.0 Å². The maximum atomic E-state index is 12.4. The van der Waals surface area contributed by atoms with Crippen LogP contribution in [0.15, 0.2) is 24.3 Å². The first-order valence-electron chi connectivity index (χ1n) is 6.47. The molecule has 0 aliphatic carbocycles. The van der Waals surface area contributed by atoms with Gasteiger partial charge in [-0.3, -0.25) is 9.59 Å². The number of Topliss-reactive ketones (excluding diaryl/α,β-unsaturated/α-hetero) is 2. The van der Waals surface area contributed by atoms with Crippen molar-refractivity contribution in [2.75, 3.05) is 0 Å². The van der Waals surface area contributed by atoms with Crippen molar-refractivity contribution in [2.45, 2.75) is 5.79 Å². The van der Waals surface area contributed by atoms with Crippen molar-refractivity contribution in [3.63, 3.8) is 0 Å². The van der Waals surface area contributed by atoms with Crippen LogP contribution >= 0.6 is 0 Å². The van der Waals surface area contributed by atoms with Crippen LogP contribution in [-0.4, -0.2) is 48.0 Å². The van der Waals surface area contributed by atoms with Gasteiger partial charge in [0.15, 0.2) is 11.5 Å². The molecule has 0 aromatic heterocycles. The van der Waals surface area contributed by atoms with Gasteiger partial charge in [-0.15, -0.1) is 0 Å². The molecule has 24 heavy (non-hydrogen) atoms. The highest BCUT2D eigenvalue weighted by molar-refractivity contribution is 6.25. The summed E-state index contributed by atoms with van der Waals surface area (Å²) in [7, 11) is 0. The van der Waals surface area contributed by atoms with E-state index < -0.39 is 63.0 Å². The Bertz CT molecular complexity index is 902. The van der Waals surface area contributed by atoms with Gasteiger partial charge in [0, 0.05) is 12.1 Å². The zero-order valence-electron chi connectivity index (χ0n) is 11.7. The largest absolute Gasteiger partial charge is 0.508 e. The lowest BCUT2D eigenvalue weighted by Gasteiger charge is -2.19. The molecule has 9 nitrogen and oxygen atoms in total. The van der Waals surface area contributed by atoms with Crippen LogP contribution in [0.5, 0.6) is 34.5 Å². The summed E-state index contributed by atoms with van der Waals surface area (Å²) in [5, 5.41) is 57.8. The lowest BCUT2D eigenvalue weighted by molar-refractivity contribution is -0.0620. The van der Waals surface area contributed by atoms with E-state index in [1.165, 1.54) is 0 Å². The third-order valence-electron chi connectivity index (χ3n) is 3.54. The zero-order chi connectivity index (χ0) is 17.8. The fourth-order valence-corrected chi connectivity index (χ4v) is 2.35. The number of ether oxygens (including phenoxy) is 1. The van der Waals surface area contributed by atoms with Crippen molar-refractivity contribution in [1.29, 1.82) is 0 Å². The number of hydrogen-bond donors (Lipinski definition) is 6. The maximum Gasteiger partial charge on any atom is 0.339 e. The number of ketones is 2. The van der Waals surface area contributed by atoms with Crippen LogP contribution < -0.4 is 4.74 Å². The quantitative estimate of drug-likeness (QED) is 0.258. The predicted molar refractivity (Wildman–Crippen MR) is 75.4 cm³/mol. The molecule has 1 atom stereocenters. The third-order valence-corrected chi connectivity index (χ3v) is 3.54. The molecule has 124 valence electrons. The number of benzene rings is 2. The van der Waals surface area contributed by atoms with Crippen molar-refractivity contribution in [2.24, 2.45) is 0 Å². The molecule has 0 amide bonds. The van der Waals surface area contributed by atoms with E-state index in [9.17, 15) is 40.2 Å². The normalized spacial score (nSPS) is 19.0. The average Bonchev–Trinajstić information content (AvgIpc) is 2.76. The van der Waals surface area contributed by atoms with Gasteiger partial charge in [-0.2, -0.15) is 0 Å². The highest BCUT2D eigenvalue weighted by atomic mass is 16.6. The Morgan fingerprint density at radius 3 is 2.29 bits per heavy atom. The fourth-order valence-electron chi connectivity index (χ4n) is 2.35. The Morgan fingerprint density at radius 1 is 0.958 bits per heavy atom. The molecule has 3 rings (SSSR count). The van der Waals surface area contributed by atoms with Crippen LogP contribution in [0.25, 0.3) is 0 Å². The lowest BCUT2D eigenvalue weighted by Crippen LogP contribution is -2.48. The SMILES string of the molecule is O=C(c1ccc(O)c(O)c1O)C1(O)Oc2cc(O)cc(O)c2C1=O. The monoisotopic (exact) mass is 334 g/mol. The summed E-state index contributed by atoms with van der Waals surface area (Å²) in [6.07, 6.45) is 0. The van der Waals surface area contributed by atoms with Gasteiger partial charge < -0.3 is 35.4 Å². The molecule has 1 aliphatic rings. The number of phenolic OH excluding ortho intramolecular Hbond substituents is 5. The van der Waals surface area contributed by atoms with Gasteiger partial charge >= 0.3 is 5.79 Å². The Balaban J connectivity index is 2.11. The third kappa shape index (κ3) is 1.92. The van der Waals surface area contributed by atoms with Gasteiger partial charge in [-0.1, -0.05) is 0 Å². The number of rotatable bonds is 2. The molecule has 0 bridgehead atoms. The van der Waals surface area contributed by atoms with Crippen LogP contribution in [-0.2, 0) is 0 Å². The van der Waals surface area contributed by atoms with Gasteiger partial charge in [-0.25, -0.2) is 0 Å². The highest BCUT2D eigenvalue weighted by Crippen LogP contribution is 2.45. The minimum atomic E-state index is -3.12. The molecular formula is C15H10O9. The predicted octanol–water partition coefficient (Wildman–Crippen LogP) is 0.361. The van der Waals surface area contributed by atoms with Gasteiger partial charge in [0.05, 0.1) is 5.56 Å². The molecule has 0 fully saturated rings. The van der Waals surface area contributed by atoms with Crippen LogP contribution in [0.2, 0.25) is 0 Å². The van der Waals surface area contributed by atoms with E-state index in [1.54, 1.807) is 0 Å². The first-order valence-corrected chi connectivity index (χ1v) is 6.47. The van der Waals surface area contributed by atoms with Crippen molar-refractivity contribution in [1.82, 2.24) is 0 Å². The molecule has 1 heterocycles. The Hall–Kier alpha value is -3.46. The average molecular weight is 334 g/mol. The van der Waals surface area contributed by atoms with Crippen LogP contribution in [0.1, 0.15) is 20.7 Å². The number of carbonyl (C=O) groups excluding carboxylic acids is 2. The molecule has 1 unspecified atom stereocenters. The van der Waals surface area contributed by atoms with Crippen LogP contribution in [0.3, 0.4) is 0 Å². The zero-order valence-corrected chi connectivity index (χ0v) is 11.7. The second-order valence-corrected chi connectivity index (χ2v) is 5.07. The molecule has 2 aromatic rings. The van der Waals surface area contributed by atoms with E-state index in [1.807, 2.05) is 0 Å². The molecule has 9 heteroatoms. The summed E-state index contributed by atoms with van der Waals surface area (Å²) in [5.41, 5.74) is -1.22. The van der Waals surface area contributed by atoms with Crippen molar-refractivity contribution in [3.05, 3.63) is 35.4 Å². The van der Waals surface area contributed by atoms with E-state index in [4.69, 9.17) is 4.74 Å². The summed E-state index contributed by atoms with van der Waals surface area (Å²) >= 11 is 0. The molecule has 6 N–H and O–H groups in total. The molecule has 0 spiro atoms. The van der Waals surface area contributed by atoms with E-state index in [0.29, 0.717) is 0 Å². The van der Waals surface area contributed by atoms with Gasteiger partial charge in [-0.05, 0) is 12.1 Å². The second-order valence-electron chi connectivity index (χ2n) is 5.07. The van der Waals surface area contributed by atoms with Crippen LogP contribution in [0.4, 0.5) is 0 Å². The van der Waals surface area contributed by atoms with Crippen molar-refractivity contribution in [3.8, 4) is 34.5 Å². The second kappa shape index (κ2) is 4.77. The van der Waals surface area contributed by atoms with Gasteiger partial charge in [0.25, 0.3) is 0 Å². The molecule has 1 aliphatic heterocycles. The van der Waals surface area contributed by atoms with Crippen molar-refractivity contribution >= 4 is 11.6 Å². The Morgan fingerprint density at radius 2 is 1.62 bits per heavy atom. The topological polar surface area (TPSA) is 165 Å². The van der Waals surface area contributed by atoms with Crippen LogP contribution in [0, 0.1) is 0 Å². The first-order chi connectivity index (χ1) is 11.2.